The number of carbonyl (C=O) groups excluding carboxylic acids is 1. The number of anilines is 1. The van der Waals surface area contributed by atoms with Crippen molar-refractivity contribution in [2.75, 3.05) is 5.32 Å². The lowest BCUT2D eigenvalue weighted by atomic mass is 10.0. The van der Waals surface area contributed by atoms with Crippen molar-refractivity contribution in [1.29, 1.82) is 5.41 Å². The number of aromatic nitrogens is 1. The average Bonchev–Trinajstić information content (AvgIpc) is 2.97. The van der Waals surface area contributed by atoms with Gasteiger partial charge in [-0.15, -0.1) is 0 Å². The van der Waals surface area contributed by atoms with E-state index in [1.165, 1.54) is 11.8 Å². The first kappa shape index (κ1) is 15.3. The highest BCUT2D eigenvalue weighted by Crippen LogP contribution is 2.38. The number of rotatable bonds is 2. The van der Waals surface area contributed by atoms with Crippen LogP contribution in [-0.4, -0.2) is 16.6 Å². The third-order valence-corrected chi connectivity index (χ3v) is 4.67. The molecule has 0 bridgehead atoms. The summed E-state index contributed by atoms with van der Waals surface area (Å²) in [6.45, 7) is 7.61. The van der Waals surface area contributed by atoms with Crippen molar-refractivity contribution in [2.45, 2.75) is 13.8 Å². The highest BCUT2D eigenvalue weighted by Gasteiger charge is 2.31. The first-order valence-electron chi connectivity index (χ1n) is 7.10. The Bertz CT molecular complexity index is 833. The summed E-state index contributed by atoms with van der Waals surface area (Å²) in [4.78, 5) is 17.7. The molecule has 1 aromatic heterocycles. The van der Waals surface area contributed by atoms with E-state index in [1.54, 1.807) is 12.3 Å². The van der Waals surface area contributed by atoms with Gasteiger partial charge in [-0.25, -0.2) is 0 Å². The zero-order chi connectivity index (χ0) is 16.6. The summed E-state index contributed by atoms with van der Waals surface area (Å²) >= 11 is 1.42. The summed E-state index contributed by atoms with van der Waals surface area (Å²) in [7, 11) is 0. The van der Waals surface area contributed by atoms with Gasteiger partial charge in [-0.3, -0.25) is 15.2 Å². The minimum absolute atomic E-state index is 0.133. The van der Waals surface area contributed by atoms with Gasteiger partial charge in [0.15, 0.2) is 0 Å². The van der Waals surface area contributed by atoms with Gasteiger partial charge in [-0.2, -0.15) is 0 Å². The highest BCUT2D eigenvalue weighted by molar-refractivity contribution is 8.07. The summed E-state index contributed by atoms with van der Waals surface area (Å²) < 4.78 is 0. The van der Waals surface area contributed by atoms with E-state index in [4.69, 9.17) is 5.41 Å². The molecule has 3 N–H and O–H groups in total. The monoisotopic (exact) mass is 324 g/mol. The summed E-state index contributed by atoms with van der Waals surface area (Å²) in [6, 6.07) is 1.82. The van der Waals surface area contributed by atoms with Gasteiger partial charge in [-0.1, -0.05) is 30.5 Å². The Hall–Kier alpha value is -2.60. The van der Waals surface area contributed by atoms with Crippen LogP contribution in [0.2, 0.25) is 0 Å². The van der Waals surface area contributed by atoms with Crippen molar-refractivity contribution in [3.63, 3.8) is 0 Å². The van der Waals surface area contributed by atoms with Gasteiger partial charge in [0.05, 0.1) is 22.0 Å². The van der Waals surface area contributed by atoms with Crippen LogP contribution in [0.3, 0.4) is 0 Å². The second kappa shape index (κ2) is 5.89. The summed E-state index contributed by atoms with van der Waals surface area (Å²) in [5.74, 6) is -0.291. The van der Waals surface area contributed by atoms with Crippen LogP contribution in [0.1, 0.15) is 18.2 Å². The highest BCUT2D eigenvalue weighted by atomic mass is 32.2. The maximum atomic E-state index is 12.4. The largest absolute Gasteiger partial charge is 0.354 e. The maximum Gasteiger partial charge on any atom is 0.260 e. The van der Waals surface area contributed by atoms with Crippen molar-refractivity contribution in [1.82, 2.24) is 10.3 Å². The molecule has 0 radical (unpaired) electrons. The van der Waals surface area contributed by atoms with Crippen molar-refractivity contribution in [3.8, 4) is 0 Å². The third kappa shape index (κ3) is 2.61. The predicted octanol–water partition coefficient (Wildman–Crippen LogP) is 3.23. The Balaban J connectivity index is 1.99. The molecule has 3 rings (SSSR count). The molecule has 1 aromatic rings. The number of pyridine rings is 1. The molecule has 23 heavy (non-hydrogen) atoms. The molecule has 0 fully saturated rings. The zero-order valence-corrected chi connectivity index (χ0v) is 13.7. The summed E-state index contributed by atoms with van der Waals surface area (Å²) in [5.41, 5.74) is 3.44. The molecule has 116 valence electrons. The molecule has 0 saturated heterocycles. The Morgan fingerprint density at radius 2 is 2.26 bits per heavy atom. The van der Waals surface area contributed by atoms with Gasteiger partial charge in [0.25, 0.3) is 5.91 Å². The molecule has 2 aliphatic rings. The smallest absolute Gasteiger partial charge is 0.260 e. The van der Waals surface area contributed by atoms with Crippen LogP contribution >= 0.6 is 11.8 Å². The molecule has 0 spiro atoms. The fourth-order valence-corrected chi connectivity index (χ4v) is 3.49. The van der Waals surface area contributed by atoms with Gasteiger partial charge < -0.3 is 10.6 Å². The van der Waals surface area contributed by atoms with E-state index >= 15 is 0 Å². The minimum Gasteiger partial charge on any atom is -0.354 e. The van der Waals surface area contributed by atoms with E-state index in [2.05, 4.69) is 22.2 Å². The fraction of sp³-hybridized carbons (Fsp3) is 0.118. The van der Waals surface area contributed by atoms with Gasteiger partial charge in [-0.05, 0) is 31.1 Å². The first-order chi connectivity index (χ1) is 11.0. The van der Waals surface area contributed by atoms with Crippen molar-refractivity contribution in [2.24, 2.45) is 0 Å². The first-order valence-corrected chi connectivity index (χ1v) is 7.92. The molecule has 1 amide bonds. The fourth-order valence-electron chi connectivity index (χ4n) is 2.42. The van der Waals surface area contributed by atoms with Gasteiger partial charge >= 0.3 is 0 Å². The molecular formula is C17H16N4OS. The molecule has 0 unspecified atom stereocenters. The van der Waals surface area contributed by atoms with Gasteiger partial charge in [0, 0.05) is 17.3 Å². The van der Waals surface area contributed by atoms with Crippen molar-refractivity contribution >= 4 is 29.1 Å². The quantitative estimate of drug-likeness (QED) is 0.576. The summed E-state index contributed by atoms with van der Waals surface area (Å²) in [5, 5.41) is 14.9. The number of allylic oxidation sites excluding steroid dienone is 3. The van der Waals surface area contributed by atoms with Crippen molar-refractivity contribution < 1.29 is 4.79 Å². The Morgan fingerprint density at radius 3 is 2.96 bits per heavy atom. The van der Waals surface area contributed by atoms with Crippen LogP contribution in [0.5, 0.6) is 0 Å². The number of fused-ring (bicyclic) bond motifs is 1. The van der Waals surface area contributed by atoms with E-state index in [-0.39, 0.29) is 11.6 Å². The van der Waals surface area contributed by atoms with E-state index in [9.17, 15) is 4.79 Å². The number of carbonyl (C=O) groups is 1. The van der Waals surface area contributed by atoms with E-state index < -0.39 is 0 Å². The number of thioether (sulfide) groups is 1. The normalized spacial score (nSPS) is 20.6. The standard InChI is InChI=1S/C17H16N4OS/c1-4-10(5-2)12-8-20-17(23-12)13-14(18)15-11(21-16(13)22)6-9(3)7-19-15/h4-8,18,20H,1H2,2-3H3,(H,21,22)/b10-5+,17-13-,18-14?. The molecule has 0 saturated carbocycles. The molecule has 2 aliphatic heterocycles. The van der Waals surface area contributed by atoms with Gasteiger partial charge in [0.2, 0.25) is 0 Å². The van der Waals surface area contributed by atoms with E-state index in [0.29, 0.717) is 22.0 Å². The lowest BCUT2D eigenvalue weighted by molar-refractivity contribution is -0.112. The lowest BCUT2D eigenvalue weighted by Gasteiger charge is -2.21. The second-order valence-electron chi connectivity index (χ2n) is 5.15. The van der Waals surface area contributed by atoms with Crippen LogP contribution in [0.25, 0.3) is 0 Å². The SMILES string of the molecule is C=C/C(=C\C)C1=CN/C(=C2\C(=N)c3ncc(C)cc3NC2=O)S1. The number of nitrogens with zero attached hydrogens (tertiary/aromatic N) is 1. The Labute approximate surface area is 138 Å². The van der Waals surface area contributed by atoms with Crippen LogP contribution in [0.4, 0.5) is 5.69 Å². The second-order valence-corrected chi connectivity index (χ2v) is 6.20. The molecule has 0 atom stereocenters. The lowest BCUT2D eigenvalue weighted by Crippen LogP contribution is -2.30. The van der Waals surface area contributed by atoms with Crippen LogP contribution in [-0.2, 0) is 4.79 Å². The Morgan fingerprint density at radius 1 is 1.48 bits per heavy atom. The number of nitrogens with one attached hydrogen (secondary N) is 3. The molecule has 0 aliphatic carbocycles. The molecule has 3 heterocycles. The summed E-state index contributed by atoms with van der Waals surface area (Å²) in [6.07, 6.45) is 7.23. The van der Waals surface area contributed by atoms with Crippen LogP contribution < -0.4 is 10.6 Å². The van der Waals surface area contributed by atoms with E-state index in [1.807, 2.05) is 32.2 Å². The Kier molecular flexibility index (Phi) is 3.92. The number of hydrogen-bond acceptors (Lipinski definition) is 5. The average molecular weight is 324 g/mol. The number of hydrogen-bond donors (Lipinski definition) is 3. The van der Waals surface area contributed by atoms with Crippen LogP contribution in [0.15, 0.2) is 58.3 Å². The van der Waals surface area contributed by atoms with Crippen LogP contribution in [0, 0.1) is 12.3 Å². The minimum atomic E-state index is -0.291. The van der Waals surface area contributed by atoms with Gasteiger partial charge in [0.1, 0.15) is 5.69 Å². The molecule has 0 aromatic carbocycles. The molecular weight excluding hydrogens is 308 g/mol. The maximum absolute atomic E-state index is 12.4. The zero-order valence-electron chi connectivity index (χ0n) is 12.9. The number of aryl methyl sites for hydroxylation is 1. The van der Waals surface area contributed by atoms with E-state index in [0.717, 1.165) is 16.0 Å². The third-order valence-electron chi connectivity index (χ3n) is 3.58. The molecule has 5 nitrogen and oxygen atoms in total. The topological polar surface area (TPSA) is 77.9 Å². The predicted molar refractivity (Wildman–Crippen MR) is 94.2 cm³/mol. The number of amides is 1. The van der Waals surface area contributed by atoms with Crippen molar-refractivity contribution in [3.05, 3.63) is 69.5 Å². The molecule has 6 heteroatoms.